The van der Waals surface area contributed by atoms with Gasteiger partial charge < -0.3 is 5.32 Å². The van der Waals surface area contributed by atoms with Crippen LogP contribution in [0.3, 0.4) is 0 Å². The Balaban J connectivity index is 1.42. The van der Waals surface area contributed by atoms with Crippen LogP contribution >= 0.6 is 0 Å². The first-order valence-electron chi connectivity index (χ1n) is 7.47. The smallest absolute Gasteiger partial charge is 0.211 e. The van der Waals surface area contributed by atoms with E-state index in [1.54, 1.807) is 4.31 Å². The van der Waals surface area contributed by atoms with E-state index in [0.29, 0.717) is 25.2 Å². The standard InChI is InChI=1S/C13H25N3O2S/c1-19(17,18)16-8-5-11(6-9-16)14-12-4-7-15(10-12)13-2-3-13/h11-14H,2-10H2,1H3. The molecule has 2 heterocycles. The lowest BCUT2D eigenvalue weighted by Gasteiger charge is -2.32. The molecule has 0 aromatic rings. The van der Waals surface area contributed by atoms with Crippen LogP contribution in [0.4, 0.5) is 0 Å². The van der Waals surface area contributed by atoms with Gasteiger partial charge in [0.2, 0.25) is 10.0 Å². The molecule has 1 atom stereocenters. The molecule has 1 N–H and O–H groups in total. The summed E-state index contributed by atoms with van der Waals surface area (Å²) in [6, 6.07) is 2.00. The van der Waals surface area contributed by atoms with Gasteiger partial charge in [-0.25, -0.2) is 12.7 Å². The Morgan fingerprint density at radius 1 is 0.947 bits per heavy atom. The second-order valence-corrected chi connectivity index (χ2v) is 8.30. The van der Waals surface area contributed by atoms with E-state index in [0.717, 1.165) is 18.9 Å². The fourth-order valence-electron chi connectivity index (χ4n) is 3.38. The third kappa shape index (κ3) is 3.48. The highest BCUT2D eigenvalue weighted by Crippen LogP contribution is 2.30. The zero-order chi connectivity index (χ0) is 13.5. The molecule has 110 valence electrons. The predicted octanol–water partition coefficient (Wildman–Crippen LogP) is 0.237. The molecule has 3 aliphatic rings. The molecule has 0 aromatic heterocycles. The minimum absolute atomic E-state index is 0.502. The molecule has 2 saturated heterocycles. The summed E-state index contributed by atoms with van der Waals surface area (Å²) < 4.78 is 24.5. The number of hydrogen-bond donors (Lipinski definition) is 1. The van der Waals surface area contributed by atoms with Crippen molar-refractivity contribution >= 4 is 10.0 Å². The van der Waals surface area contributed by atoms with Crippen molar-refractivity contribution in [3.63, 3.8) is 0 Å². The van der Waals surface area contributed by atoms with Crippen LogP contribution in [0.2, 0.25) is 0 Å². The molecule has 2 aliphatic heterocycles. The normalized spacial score (nSPS) is 31.9. The van der Waals surface area contributed by atoms with Crippen molar-refractivity contribution in [1.29, 1.82) is 0 Å². The first-order valence-corrected chi connectivity index (χ1v) is 9.32. The van der Waals surface area contributed by atoms with Crippen LogP contribution in [0, 0.1) is 0 Å². The van der Waals surface area contributed by atoms with Crippen LogP contribution in [0.15, 0.2) is 0 Å². The van der Waals surface area contributed by atoms with Gasteiger partial charge in [-0.15, -0.1) is 0 Å². The number of piperidine rings is 1. The quantitative estimate of drug-likeness (QED) is 0.804. The van der Waals surface area contributed by atoms with E-state index in [4.69, 9.17) is 0 Å². The summed E-state index contributed by atoms with van der Waals surface area (Å²) in [5.41, 5.74) is 0. The van der Waals surface area contributed by atoms with E-state index in [2.05, 4.69) is 10.2 Å². The van der Waals surface area contributed by atoms with Crippen LogP contribution in [-0.4, -0.2) is 68.2 Å². The maximum atomic E-state index is 11.5. The topological polar surface area (TPSA) is 52.7 Å². The van der Waals surface area contributed by atoms with E-state index in [9.17, 15) is 8.42 Å². The summed E-state index contributed by atoms with van der Waals surface area (Å²) in [4.78, 5) is 2.61. The molecule has 0 spiro atoms. The van der Waals surface area contributed by atoms with E-state index in [1.165, 1.54) is 38.6 Å². The highest BCUT2D eigenvalue weighted by Gasteiger charge is 2.35. The van der Waals surface area contributed by atoms with E-state index in [1.807, 2.05) is 0 Å². The largest absolute Gasteiger partial charge is 0.310 e. The number of hydrogen-bond acceptors (Lipinski definition) is 4. The van der Waals surface area contributed by atoms with E-state index < -0.39 is 10.0 Å². The highest BCUT2D eigenvalue weighted by molar-refractivity contribution is 7.88. The average molecular weight is 287 g/mol. The predicted molar refractivity (Wildman–Crippen MR) is 75.6 cm³/mol. The number of likely N-dealkylation sites (tertiary alicyclic amines) is 1. The zero-order valence-electron chi connectivity index (χ0n) is 11.7. The number of nitrogens with one attached hydrogen (secondary N) is 1. The van der Waals surface area contributed by atoms with Crippen molar-refractivity contribution in [3.8, 4) is 0 Å². The van der Waals surface area contributed by atoms with Crippen LogP contribution in [0.1, 0.15) is 32.1 Å². The van der Waals surface area contributed by atoms with Gasteiger partial charge in [-0.05, 0) is 32.1 Å². The lowest BCUT2D eigenvalue weighted by atomic mass is 10.1. The minimum atomic E-state index is -2.99. The summed E-state index contributed by atoms with van der Waals surface area (Å²) in [7, 11) is -2.99. The molecule has 0 radical (unpaired) electrons. The molecule has 5 nitrogen and oxygen atoms in total. The lowest BCUT2D eigenvalue weighted by Crippen LogP contribution is -2.48. The first kappa shape index (κ1) is 13.8. The fraction of sp³-hybridized carbons (Fsp3) is 1.00. The van der Waals surface area contributed by atoms with Gasteiger partial charge in [0.05, 0.1) is 6.26 Å². The van der Waals surface area contributed by atoms with Gasteiger partial charge in [-0.1, -0.05) is 0 Å². The maximum absolute atomic E-state index is 11.5. The molecule has 3 fully saturated rings. The third-order valence-electron chi connectivity index (χ3n) is 4.68. The number of nitrogens with zero attached hydrogens (tertiary/aromatic N) is 2. The Hall–Kier alpha value is -0.170. The molecule has 19 heavy (non-hydrogen) atoms. The summed E-state index contributed by atoms with van der Waals surface area (Å²) in [6.07, 6.45) is 7.24. The third-order valence-corrected chi connectivity index (χ3v) is 5.98. The summed E-state index contributed by atoms with van der Waals surface area (Å²) in [5, 5.41) is 3.74. The monoisotopic (exact) mass is 287 g/mol. The minimum Gasteiger partial charge on any atom is -0.310 e. The Bertz CT molecular complexity index is 414. The van der Waals surface area contributed by atoms with Crippen molar-refractivity contribution in [2.45, 2.75) is 50.2 Å². The first-order chi connectivity index (χ1) is 9.02. The van der Waals surface area contributed by atoms with Gasteiger partial charge in [0.25, 0.3) is 0 Å². The van der Waals surface area contributed by atoms with Gasteiger partial charge in [0.1, 0.15) is 0 Å². The van der Waals surface area contributed by atoms with Gasteiger partial charge in [0.15, 0.2) is 0 Å². The van der Waals surface area contributed by atoms with Crippen LogP contribution < -0.4 is 5.32 Å². The summed E-state index contributed by atoms with van der Waals surface area (Å²) >= 11 is 0. The Morgan fingerprint density at radius 3 is 2.16 bits per heavy atom. The summed E-state index contributed by atoms with van der Waals surface area (Å²) in [5.74, 6) is 0. The van der Waals surface area contributed by atoms with Crippen LogP contribution in [0.5, 0.6) is 0 Å². The Morgan fingerprint density at radius 2 is 1.58 bits per heavy atom. The SMILES string of the molecule is CS(=O)(=O)N1CCC(NC2CCN(C3CC3)C2)CC1. The molecule has 3 rings (SSSR count). The van der Waals surface area contributed by atoms with Crippen molar-refractivity contribution in [1.82, 2.24) is 14.5 Å². The molecule has 1 unspecified atom stereocenters. The lowest BCUT2D eigenvalue weighted by molar-refractivity contribution is 0.265. The maximum Gasteiger partial charge on any atom is 0.211 e. The molecule has 6 heteroatoms. The van der Waals surface area contributed by atoms with Crippen molar-refractivity contribution in [2.24, 2.45) is 0 Å². The molecular weight excluding hydrogens is 262 g/mol. The number of rotatable bonds is 4. The molecule has 0 bridgehead atoms. The van der Waals surface area contributed by atoms with Crippen molar-refractivity contribution in [2.75, 3.05) is 32.4 Å². The van der Waals surface area contributed by atoms with Crippen molar-refractivity contribution < 1.29 is 8.42 Å². The molecule has 1 saturated carbocycles. The van der Waals surface area contributed by atoms with Crippen LogP contribution in [0.25, 0.3) is 0 Å². The average Bonchev–Trinajstić information content (AvgIpc) is 3.10. The van der Waals surface area contributed by atoms with Gasteiger partial charge in [0, 0.05) is 44.3 Å². The van der Waals surface area contributed by atoms with Crippen LogP contribution in [-0.2, 0) is 10.0 Å². The van der Waals surface area contributed by atoms with Crippen molar-refractivity contribution in [3.05, 3.63) is 0 Å². The molecular formula is C13H25N3O2S. The van der Waals surface area contributed by atoms with Gasteiger partial charge >= 0.3 is 0 Å². The fourth-order valence-corrected chi connectivity index (χ4v) is 4.26. The second-order valence-electron chi connectivity index (χ2n) is 6.31. The number of sulfonamides is 1. The van der Waals surface area contributed by atoms with E-state index in [-0.39, 0.29) is 0 Å². The Labute approximate surface area is 116 Å². The van der Waals surface area contributed by atoms with Gasteiger partial charge in [-0.3, -0.25) is 4.90 Å². The molecule has 0 aromatic carbocycles. The molecule has 0 amide bonds. The zero-order valence-corrected chi connectivity index (χ0v) is 12.5. The molecule has 1 aliphatic carbocycles. The summed E-state index contributed by atoms with van der Waals surface area (Å²) in [6.45, 7) is 3.78. The second kappa shape index (κ2) is 5.31. The highest BCUT2D eigenvalue weighted by atomic mass is 32.2. The van der Waals surface area contributed by atoms with Gasteiger partial charge in [-0.2, -0.15) is 0 Å². The Kier molecular flexibility index (Phi) is 3.86. The van der Waals surface area contributed by atoms with E-state index >= 15 is 0 Å².